The Hall–Kier alpha value is -2.46. The molecule has 0 spiro atoms. The number of rotatable bonds is 10. The van der Waals surface area contributed by atoms with E-state index in [1.165, 1.54) is 5.35 Å². The molecule has 0 aliphatic heterocycles. The van der Waals surface area contributed by atoms with Gasteiger partial charge in [0.25, 0.3) is 0 Å². The van der Waals surface area contributed by atoms with Gasteiger partial charge in [-0.1, -0.05) is 45.9 Å². The number of carbonyl (C=O) groups is 2. The minimum absolute atomic E-state index is 0.0855. The first-order valence-corrected chi connectivity index (χ1v) is 11.3. The normalized spacial score (nSPS) is 15.6. The van der Waals surface area contributed by atoms with Crippen molar-refractivity contribution in [3.63, 3.8) is 0 Å². The summed E-state index contributed by atoms with van der Waals surface area (Å²) in [6.45, 7) is 12.1. The quantitative estimate of drug-likeness (QED) is 0.565. The minimum Gasteiger partial charge on any atom is -0.339 e. The van der Waals surface area contributed by atoms with Gasteiger partial charge in [0.05, 0.1) is 0 Å². The topological polar surface area (TPSA) is 42.3 Å². The predicted octanol–water partition coefficient (Wildman–Crippen LogP) is 3.69. The molecule has 1 aliphatic rings. The van der Waals surface area contributed by atoms with Gasteiger partial charge in [-0.2, -0.15) is 0 Å². The molecule has 1 aromatic carbocycles. The van der Waals surface area contributed by atoms with Gasteiger partial charge in [0.15, 0.2) is 5.78 Å². The molecule has 0 radical (unpaired) electrons. The van der Waals surface area contributed by atoms with Crippen LogP contribution < -0.4 is 10.6 Å². The third-order valence-electron chi connectivity index (χ3n) is 6.17. The van der Waals surface area contributed by atoms with Crippen molar-refractivity contribution < 1.29 is 9.59 Å². The fourth-order valence-corrected chi connectivity index (χ4v) is 4.25. The Balaban J connectivity index is 2.17. The summed E-state index contributed by atoms with van der Waals surface area (Å²) in [6, 6.07) is 6.09. The molecule has 4 heteroatoms. The van der Waals surface area contributed by atoms with Gasteiger partial charge in [-0.3, -0.25) is 9.59 Å². The standard InChI is InChI=1S/C26H34N2O2/c1-5-21(29)16-19-10-9-11-24-22(17-19)23-18-20(26(30)6-2)12-13-25(23)28(24)15-14-27(7-3)8-4/h9-13,17-19H,5-8,14-16H2,1-4H3. The summed E-state index contributed by atoms with van der Waals surface area (Å²) in [5.74, 6) is 0.522. The summed E-state index contributed by atoms with van der Waals surface area (Å²) in [5, 5.41) is 3.42. The largest absolute Gasteiger partial charge is 0.339 e. The van der Waals surface area contributed by atoms with Crippen LogP contribution in [0.25, 0.3) is 23.1 Å². The van der Waals surface area contributed by atoms with E-state index in [2.05, 4.69) is 53.7 Å². The van der Waals surface area contributed by atoms with E-state index < -0.39 is 0 Å². The second kappa shape index (κ2) is 10.0. The van der Waals surface area contributed by atoms with Crippen molar-refractivity contribution >= 4 is 34.6 Å². The van der Waals surface area contributed by atoms with E-state index in [9.17, 15) is 9.59 Å². The Morgan fingerprint density at radius 2 is 1.83 bits per heavy atom. The van der Waals surface area contributed by atoms with Crippen molar-refractivity contribution in [1.82, 2.24) is 9.47 Å². The highest BCUT2D eigenvalue weighted by Crippen LogP contribution is 2.17. The first-order chi connectivity index (χ1) is 14.5. The number of Topliss-reactive ketones (excluding diaryl/α,β-unsaturated/α-hetero) is 2. The number of benzene rings is 1. The summed E-state index contributed by atoms with van der Waals surface area (Å²) in [7, 11) is 0. The highest BCUT2D eigenvalue weighted by molar-refractivity contribution is 5.99. The average molecular weight is 407 g/mol. The van der Waals surface area contributed by atoms with E-state index in [1.54, 1.807) is 0 Å². The van der Waals surface area contributed by atoms with Crippen LogP contribution in [0, 0.1) is 5.92 Å². The van der Waals surface area contributed by atoms with Crippen molar-refractivity contribution in [3.05, 3.63) is 46.5 Å². The van der Waals surface area contributed by atoms with Crippen LogP contribution in [-0.2, 0) is 11.3 Å². The van der Waals surface area contributed by atoms with Gasteiger partial charge in [-0.15, -0.1) is 0 Å². The number of nitrogens with zero attached hydrogens (tertiary/aromatic N) is 2. The molecule has 0 saturated carbocycles. The molecule has 1 aliphatic carbocycles. The number of hydrogen-bond acceptors (Lipinski definition) is 3. The zero-order valence-electron chi connectivity index (χ0n) is 18.8. The molecule has 0 bridgehead atoms. The zero-order chi connectivity index (χ0) is 21.7. The van der Waals surface area contributed by atoms with Crippen LogP contribution in [0.5, 0.6) is 0 Å². The summed E-state index contributed by atoms with van der Waals surface area (Å²) < 4.78 is 2.37. The molecule has 30 heavy (non-hydrogen) atoms. The van der Waals surface area contributed by atoms with Gasteiger partial charge < -0.3 is 9.47 Å². The Labute approximate surface area is 179 Å². The number of carbonyl (C=O) groups excluding carboxylic acids is 2. The lowest BCUT2D eigenvalue weighted by Crippen LogP contribution is -2.34. The molecule has 0 amide bonds. The lowest BCUT2D eigenvalue weighted by Gasteiger charge is -2.18. The summed E-state index contributed by atoms with van der Waals surface area (Å²) >= 11 is 0. The molecule has 3 rings (SSSR count). The molecule has 0 fully saturated rings. The monoisotopic (exact) mass is 406 g/mol. The number of allylic oxidation sites excluding steroid dienone is 2. The number of ketones is 2. The third-order valence-corrected chi connectivity index (χ3v) is 6.17. The molecular formula is C26H34N2O2. The highest BCUT2D eigenvalue weighted by atomic mass is 16.1. The third kappa shape index (κ3) is 4.65. The van der Waals surface area contributed by atoms with Gasteiger partial charge >= 0.3 is 0 Å². The van der Waals surface area contributed by atoms with Crippen LogP contribution in [-0.4, -0.2) is 40.7 Å². The van der Waals surface area contributed by atoms with Gasteiger partial charge in [0.1, 0.15) is 5.78 Å². The van der Waals surface area contributed by atoms with Crippen LogP contribution in [0.2, 0.25) is 0 Å². The number of fused-ring (bicyclic) bond motifs is 3. The molecule has 4 nitrogen and oxygen atoms in total. The van der Waals surface area contributed by atoms with Crippen LogP contribution in [0.15, 0.2) is 30.4 Å². The van der Waals surface area contributed by atoms with E-state index in [4.69, 9.17) is 0 Å². The van der Waals surface area contributed by atoms with Crippen molar-refractivity contribution in [3.8, 4) is 0 Å². The van der Waals surface area contributed by atoms with Gasteiger partial charge in [-0.05, 0) is 37.4 Å². The van der Waals surface area contributed by atoms with Crippen LogP contribution in [0.1, 0.15) is 57.3 Å². The lowest BCUT2D eigenvalue weighted by molar-refractivity contribution is -0.119. The maximum Gasteiger partial charge on any atom is 0.162 e. The fraction of sp³-hybridized carbons (Fsp3) is 0.462. The van der Waals surface area contributed by atoms with Gasteiger partial charge in [0, 0.05) is 65.3 Å². The lowest BCUT2D eigenvalue weighted by atomic mass is 9.99. The molecule has 2 aromatic rings. The fourth-order valence-electron chi connectivity index (χ4n) is 4.25. The van der Waals surface area contributed by atoms with Crippen molar-refractivity contribution in [1.29, 1.82) is 0 Å². The Bertz CT molecular complexity index is 1070. The number of aromatic nitrogens is 1. The van der Waals surface area contributed by atoms with Crippen LogP contribution in [0.4, 0.5) is 0 Å². The first kappa shape index (κ1) is 22.2. The summed E-state index contributed by atoms with van der Waals surface area (Å²) in [4.78, 5) is 26.9. The number of likely N-dealkylation sites (N-methyl/N-ethyl adjacent to an activating group) is 1. The second-order valence-electron chi connectivity index (χ2n) is 7.96. The molecule has 0 saturated heterocycles. The molecule has 160 valence electrons. The number of hydrogen-bond donors (Lipinski definition) is 0. The van der Waals surface area contributed by atoms with E-state index in [0.29, 0.717) is 19.3 Å². The first-order valence-electron chi connectivity index (χ1n) is 11.3. The highest BCUT2D eigenvalue weighted by Gasteiger charge is 2.15. The van der Waals surface area contributed by atoms with Crippen molar-refractivity contribution in [2.45, 2.75) is 53.5 Å². The van der Waals surface area contributed by atoms with E-state index >= 15 is 0 Å². The Morgan fingerprint density at radius 1 is 1.07 bits per heavy atom. The van der Waals surface area contributed by atoms with E-state index in [1.807, 2.05) is 26.0 Å². The molecule has 1 aromatic heterocycles. The Kier molecular flexibility index (Phi) is 7.43. The van der Waals surface area contributed by atoms with Gasteiger partial charge in [0.2, 0.25) is 0 Å². The zero-order valence-corrected chi connectivity index (χ0v) is 18.8. The van der Waals surface area contributed by atoms with E-state index in [0.717, 1.165) is 47.9 Å². The van der Waals surface area contributed by atoms with Gasteiger partial charge in [-0.25, -0.2) is 0 Å². The molecule has 1 unspecified atom stereocenters. The molecular weight excluding hydrogens is 372 g/mol. The molecule has 0 N–H and O–H groups in total. The summed E-state index contributed by atoms with van der Waals surface area (Å²) in [5.41, 5.74) is 1.92. The minimum atomic E-state index is 0.0855. The SMILES string of the molecule is CCC(=O)CC1C=CC=c2c(c3cc(C(=O)CC)ccc3n2CCN(CC)CC)=C1. The van der Waals surface area contributed by atoms with Crippen molar-refractivity contribution in [2.75, 3.05) is 19.6 Å². The smallest absolute Gasteiger partial charge is 0.162 e. The molecule has 1 heterocycles. The average Bonchev–Trinajstić information content (AvgIpc) is 2.90. The second-order valence-corrected chi connectivity index (χ2v) is 7.96. The predicted molar refractivity (Wildman–Crippen MR) is 125 cm³/mol. The summed E-state index contributed by atoms with van der Waals surface area (Å²) in [6.07, 6.45) is 10.2. The maximum absolute atomic E-state index is 12.4. The van der Waals surface area contributed by atoms with Crippen molar-refractivity contribution in [2.24, 2.45) is 5.92 Å². The van der Waals surface area contributed by atoms with Crippen LogP contribution >= 0.6 is 0 Å². The molecule has 1 atom stereocenters. The van der Waals surface area contributed by atoms with E-state index in [-0.39, 0.29) is 17.5 Å². The maximum atomic E-state index is 12.4. The Morgan fingerprint density at radius 3 is 2.50 bits per heavy atom. The van der Waals surface area contributed by atoms with Crippen LogP contribution in [0.3, 0.4) is 0 Å².